The number of carbonyl (C=O) groups is 1. The van der Waals surface area contributed by atoms with Crippen molar-refractivity contribution in [1.29, 1.82) is 0 Å². The second-order valence-corrected chi connectivity index (χ2v) is 6.82. The number of sulfonamides is 1. The Balaban J connectivity index is 2.07. The Labute approximate surface area is 139 Å². The van der Waals surface area contributed by atoms with E-state index in [1.54, 1.807) is 0 Å². The number of amides is 1. The number of rotatable bonds is 6. The van der Waals surface area contributed by atoms with Crippen LogP contribution in [0.5, 0.6) is 0 Å². The van der Waals surface area contributed by atoms with Crippen LogP contribution >= 0.6 is 11.6 Å². The monoisotopic (exact) mass is 354 g/mol. The molecule has 0 heterocycles. The summed E-state index contributed by atoms with van der Waals surface area (Å²) < 4.78 is 25.8. The molecule has 0 saturated carbocycles. The minimum atomic E-state index is -3.75. The maximum atomic E-state index is 12.0. The first-order chi connectivity index (χ1) is 10.9. The quantitative estimate of drug-likeness (QED) is 0.778. The number of hydroxylamine groups is 1. The zero-order valence-corrected chi connectivity index (χ0v) is 13.8. The Morgan fingerprint density at radius 2 is 1.87 bits per heavy atom. The second-order valence-electron chi connectivity index (χ2n) is 4.56. The maximum Gasteiger partial charge on any atom is 0.274 e. The third kappa shape index (κ3) is 4.52. The molecule has 0 spiro atoms. The molecule has 0 fully saturated rings. The highest BCUT2D eigenvalue weighted by atomic mass is 35.5. The van der Waals surface area contributed by atoms with Crippen molar-refractivity contribution in [2.45, 2.75) is 11.5 Å². The maximum absolute atomic E-state index is 12.0. The van der Waals surface area contributed by atoms with Gasteiger partial charge in [-0.25, -0.2) is 18.6 Å². The molecule has 2 rings (SSSR count). The van der Waals surface area contributed by atoms with E-state index in [1.165, 1.54) is 25.2 Å². The Morgan fingerprint density at radius 1 is 1.17 bits per heavy atom. The minimum Gasteiger partial charge on any atom is -0.269 e. The fourth-order valence-electron chi connectivity index (χ4n) is 1.78. The van der Waals surface area contributed by atoms with Crippen LogP contribution < -0.4 is 10.2 Å². The Hall–Kier alpha value is -1.93. The number of nitrogens with one attached hydrogen (secondary N) is 2. The van der Waals surface area contributed by atoms with E-state index in [-0.39, 0.29) is 22.1 Å². The molecule has 122 valence electrons. The molecule has 2 aromatic carbocycles. The zero-order valence-electron chi connectivity index (χ0n) is 12.2. The molecule has 0 aliphatic carbocycles. The number of halogens is 1. The highest BCUT2D eigenvalue weighted by Crippen LogP contribution is 2.22. The van der Waals surface area contributed by atoms with Crippen molar-refractivity contribution in [2.75, 3.05) is 7.05 Å². The van der Waals surface area contributed by atoms with E-state index in [0.29, 0.717) is 0 Å². The number of hydrogen-bond acceptors (Lipinski definition) is 4. The van der Waals surface area contributed by atoms with Crippen LogP contribution in [0.3, 0.4) is 0 Å². The summed E-state index contributed by atoms with van der Waals surface area (Å²) in [5.74, 6) is -0.565. The van der Waals surface area contributed by atoms with Crippen LogP contribution in [0.4, 0.5) is 0 Å². The molecule has 2 aromatic rings. The van der Waals surface area contributed by atoms with Gasteiger partial charge in [-0.05, 0) is 30.8 Å². The molecule has 0 aliphatic heterocycles. The molecular formula is C15H15ClN2O4S. The largest absolute Gasteiger partial charge is 0.274 e. The fraction of sp³-hybridized carbons (Fsp3) is 0.133. The Morgan fingerprint density at radius 3 is 2.52 bits per heavy atom. The fourth-order valence-corrected chi connectivity index (χ4v) is 3.03. The van der Waals surface area contributed by atoms with E-state index in [4.69, 9.17) is 16.4 Å². The van der Waals surface area contributed by atoms with Gasteiger partial charge in [0, 0.05) is 5.56 Å². The van der Waals surface area contributed by atoms with Crippen LogP contribution in [0.25, 0.3) is 0 Å². The third-order valence-electron chi connectivity index (χ3n) is 3.00. The lowest BCUT2D eigenvalue weighted by atomic mass is 10.2. The van der Waals surface area contributed by atoms with E-state index < -0.39 is 15.9 Å². The Bertz CT molecular complexity index is 794. The molecule has 0 aromatic heterocycles. The Kier molecular flexibility index (Phi) is 5.73. The normalized spacial score (nSPS) is 11.2. The molecule has 0 unspecified atom stereocenters. The lowest BCUT2D eigenvalue weighted by Gasteiger charge is -2.09. The van der Waals surface area contributed by atoms with E-state index >= 15 is 0 Å². The van der Waals surface area contributed by atoms with Crippen molar-refractivity contribution in [3.05, 3.63) is 64.7 Å². The van der Waals surface area contributed by atoms with Gasteiger partial charge in [-0.2, -0.15) is 0 Å². The van der Waals surface area contributed by atoms with Gasteiger partial charge in [0.05, 0.1) is 11.6 Å². The van der Waals surface area contributed by atoms with Crippen molar-refractivity contribution in [3.8, 4) is 0 Å². The van der Waals surface area contributed by atoms with Crippen molar-refractivity contribution in [2.24, 2.45) is 0 Å². The minimum absolute atomic E-state index is 0.0288. The molecule has 2 N–H and O–H groups in total. The average Bonchev–Trinajstić information content (AvgIpc) is 2.56. The van der Waals surface area contributed by atoms with Crippen molar-refractivity contribution in [1.82, 2.24) is 10.2 Å². The summed E-state index contributed by atoms with van der Waals surface area (Å²) in [5, 5.41) is 0.0288. The van der Waals surface area contributed by atoms with Gasteiger partial charge in [-0.15, -0.1) is 0 Å². The average molecular weight is 355 g/mol. The van der Waals surface area contributed by atoms with Gasteiger partial charge < -0.3 is 0 Å². The van der Waals surface area contributed by atoms with Gasteiger partial charge >= 0.3 is 0 Å². The van der Waals surface area contributed by atoms with Crippen LogP contribution in [0.15, 0.2) is 53.4 Å². The summed E-state index contributed by atoms with van der Waals surface area (Å²) in [5.41, 5.74) is 3.28. The first-order valence-corrected chi connectivity index (χ1v) is 8.49. The predicted octanol–water partition coefficient (Wildman–Crippen LogP) is 2.11. The molecule has 23 heavy (non-hydrogen) atoms. The molecule has 8 heteroatoms. The summed E-state index contributed by atoms with van der Waals surface area (Å²) in [6.45, 7) is 0.196. The molecule has 1 amide bonds. The molecule has 0 aliphatic rings. The van der Waals surface area contributed by atoms with Gasteiger partial charge in [0.15, 0.2) is 0 Å². The highest BCUT2D eigenvalue weighted by molar-refractivity contribution is 7.89. The smallest absolute Gasteiger partial charge is 0.269 e. The van der Waals surface area contributed by atoms with Gasteiger partial charge in [0.25, 0.3) is 5.91 Å². The lowest BCUT2D eigenvalue weighted by Crippen LogP contribution is -2.24. The molecular weight excluding hydrogens is 340 g/mol. The van der Waals surface area contributed by atoms with Gasteiger partial charge in [-0.3, -0.25) is 9.63 Å². The van der Waals surface area contributed by atoms with E-state index in [1.807, 2.05) is 30.3 Å². The molecule has 0 saturated heterocycles. The predicted molar refractivity (Wildman–Crippen MR) is 86.4 cm³/mol. The molecule has 0 bridgehead atoms. The van der Waals surface area contributed by atoms with Crippen molar-refractivity contribution >= 4 is 27.5 Å². The van der Waals surface area contributed by atoms with E-state index in [0.717, 1.165) is 5.56 Å². The lowest BCUT2D eigenvalue weighted by molar-refractivity contribution is 0.0233. The standard InChI is InChI=1S/C15H15ClN2O4S/c1-17-23(20,21)14-9-12(7-8-13(14)16)15(19)18-22-10-11-5-3-2-4-6-11/h2-9,17H,10H2,1H3,(H,18,19). The van der Waals surface area contributed by atoms with Crippen LogP contribution in [-0.4, -0.2) is 21.4 Å². The van der Waals surface area contributed by atoms with Crippen LogP contribution in [0.1, 0.15) is 15.9 Å². The van der Waals surface area contributed by atoms with Gasteiger partial charge in [-0.1, -0.05) is 41.9 Å². The van der Waals surface area contributed by atoms with Gasteiger partial charge in [0.1, 0.15) is 4.90 Å². The summed E-state index contributed by atoms with van der Waals surface area (Å²) in [4.78, 5) is 17.0. The van der Waals surface area contributed by atoms with Crippen LogP contribution in [-0.2, 0) is 21.5 Å². The molecule has 6 nitrogen and oxygen atoms in total. The summed E-state index contributed by atoms with van der Waals surface area (Å²) in [6, 6.07) is 13.2. The zero-order chi connectivity index (χ0) is 16.9. The number of carbonyl (C=O) groups excluding carboxylic acids is 1. The molecule has 0 radical (unpaired) electrons. The molecule has 0 atom stereocenters. The highest BCUT2D eigenvalue weighted by Gasteiger charge is 2.18. The summed E-state index contributed by atoms with van der Waals surface area (Å²) in [6.07, 6.45) is 0. The van der Waals surface area contributed by atoms with Crippen molar-refractivity contribution < 1.29 is 18.0 Å². The third-order valence-corrected chi connectivity index (χ3v) is 4.89. The SMILES string of the molecule is CNS(=O)(=O)c1cc(C(=O)NOCc2ccccc2)ccc1Cl. The number of hydrogen-bond donors (Lipinski definition) is 2. The first kappa shape index (κ1) is 17.4. The second kappa shape index (κ2) is 7.56. The van der Waals surface area contributed by atoms with Crippen molar-refractivity contribution in [3.63, 3.8) is 0 Å². The van der Waals surface area contributed by atoms with E-state index in [9.17, 15) is 13.2 Å². The van der Waals surface area contributed by atoms with Crippen LogP contribution in [0.2, 0.25) is 5.02 Å². The van der Waals surface area contributed by atoms with E-state index in [2.05, 4.69) is 10.2 Å². The summed E-state index contributed by atoms with van der Waals surface area (Å²) in [7, 11) is -2.49. The topological polar surface area (TPSA) is 84.5 Å². The summed E-state index contributed by atoms with van der Waals surface area (Å²) >= 11 is 5.87. The number of benzene rings is 2. The van der Waals surface area contributed by atoms with Crippen LogP contribution in [0, 0.1) is 0 Å². The van der Waals surface area contributed by atoms with Gasteiger partial charge in [0.2, 0.25) is 10.0 Å². The first-order valence-electron chi connectivity index (χ1n) is 6.63.